The van der Waals surface area contributed by atoms with Crippen molar-refractivity contribution < 1.29 is 14.5 Å². The number of ether oxygens (including phenoxy) is 1. The lowest BCUT2D eigenvalue weighted by Crippen LogP contribution is -2.62. The molecule has 136 valence electrons. The van der Waals surface area contributed by atoms with Crippen LogP contribution in [0.15, 0.2) is 77.3 Å². The molecule has 4 rings (SSSR count). The fourth-order valence-electron chi connectivity index (χ4n) is 3.58. The molecule has 0 aliphatic carbocycles. The number of hydrogen-bond donors (Lipinski definition) is 3. The number of anilines is 1. The van der Waals surface area contributed by atoms with Gasteiger partial charge in [-0.05, 0) is 25.5 Å². The van der Waals surface area contributed by atoms with Crippen molar-refractivity contribution in [2.75, 3.05) is 11.9 Å². The Morgan fingerprint density at radius 2 is 1.81 bits per heavy atom. The summed E-state index contributed by atoms with van der Waals surface area (Å²) < 4.78 is 5.36. The van der Waals surface area contributed by atoms with E-state index in [-0.39, 0.29) is 11.9 Å². The lowest BCUT2D eigenvalue weighted by molar-refractivity contribution is -0.345. The summed E-state index contributed by atoms with van der Waals surface area (Å²) in [4.78, 5) is 16.1. The molecule has 5 heteroatoms. The predicted molar refractivity (Wildman–Crippen MR) is 105 cm³/mol. The molecule has 2 aromatic carbocycles. The molecule has 0 spiro atoms. The van der Waals surface area contributed by atoms with Gasteiger partial charge in [-0.2, -0.15) is 0 Å². The maximum atomic E-state index is 12.8. The molecule has 2 aromatic rings. The number of fused-ring (bicyclic) bond motifs is 1. The highest BCUT2D eigenvalue weighted by atomic mass is 16.5. The van der Waals surface area contributed by atoms with E-state index in [9.17, 15) is 4.79 Å². The summed E-state index contributed by atoms with van der Waals surface area (Å²) in [5, 5.41) is 6.84. The van der Waals surface area contributed by atoms with Crippen LogP contribution in [0.5, 0.6) is 0 Å². The van der Waals surface area contributed by atoms with Gasteiger partial charge in [0.25, 0.3) is 0 Å². The number of carbonyl (C=O) groups excluding carboxylic acids is 1. The largest absolute Gasteiger partial charge is 0.463 e. The van der Waals surface area contributed by atoms with Gasteiger partial charge in [0.05, 0.1) is 23.7 Å². The molecule has 0 bridgehead atoms. The van der Waals surface area contributed by atoms with Gasteiger partial charge in [0.1, 0.15) is 11.5 Å². The van der Waals surface area contributed by atoms with Crippen LogP contribution in [-0.4, -0.2) is 18.8 Å². The lowest BCUT2D eigenvalue weighted by Gasteiger charge is -2.29. The first-order valence-corrected chi connectivity index (χ1v) is 9.09. The van der Waals surface area contributed by atoms with Gasteiger partial charge >= 0.3 is 5.97 Å². The summed E-state index contributed by atoms with van der Waals surface area (Å²) in [6, 6.07) is 18.0. The topological polar surface area (TPSA) is 64.3 Å². The van der Waals surface area contributed by atoms with Crippen molar-refractivity contribution in [1.82, 2.24) is 5.32 Å². The third-order valence-electron chi connectivity index (χ3n) is 4.80. The Bertz CT molecular complexity index is 974. The first-order chi connectivity index (χ1) is 13.2. The van der Waals surface area contributed by atoms with E-state index in [0.717, 1.165) is 34.0 Å². The van der Waals surface area contributed by atoms with Crippen LogP contribution in [0.25, 0.3) is 0 Å². The van der Waals surface area contributed by atoms with E-state index in [0.29, 0.717) is 12.2 Å². The van der Waals surface area contributed by atoms with Gasteiger partial charge in [-0.3, -0.25) is 0 Å². The molecule has 1 atom stereocenters. The van der Waals surface area contributed by atoms with E-state index in [1.807, 2.05) is 74.7 Å². The minimum Gasteiger partial charge on any atom is -0.463 e. The van der Waals surface area contributed by atoms with Crippen LogP contribution < -0.4 is 15.6 Å². The summed E-state index contributed by atoms with van der Waals surface area (Å²) in [5.74, 6) is 0.348. The Morgan fingerprint density at radius 1 is 1.07 bits per heavy atom. The van der Waals surface area contributed by atoms with Gasteiger partial charge in [0.15, 0.2) is 6.21 Å². The molecule has 0 saturated heterocycles. The van der Waals surface area contributed by atoms with E-state index in [1.165, 1.54) is 0 Å². The highest BCUT2D eigenvalue weighted by Gasteiger charge is 2.36. The number of para-hydroxylation sites is 2. The Morgan fingerprint density at radius 3 is 2.59 bits per heavy atom. The molecule has 2 heterocycles. The third kappa shape index (κ3) is 3.12. The van der Waals surface area contributed by atoms with Gasteiger partial charge in [0.2, 0.25) is 5.69 Å². The van der Waals surface area contributed by atoms with Crippen LogP contribution >= 0.6 is 0 Å². The highest BCUT2D eigenvalue weighted by molar-refractivity contribution is 5.97. The van der Waals surface area contributed by atoms with Gasteiger partial charge in [-0.1, -0.05) is 42.5 Å². The van der Waals surface area contributed by atoms with Crippen molar-refractivity contribution in [2.24, 2.45) is 0 Å². The zero-order chi connectivity index (χ0) is 18.8. The van der Waals surface area contributed by atoms with Crippen LogP contribution in [0.4, 0.5) is 11.4 Å². The molecule has 0 radical (unpaired) electrons. The predicted octanol–water partition coefficient (Wildman–Crippen LogP) is 2.33. The van der Waals surface area contributed by atoms with Crippen molar-refractivity contribution in [3.05, 3.63) is 82.8 Å². The zero-order valence-electron chi connectivity index (χ0n) is 15.4. The molecule has 3 N–H and O–H groups in total. The fraction of sp³-hybridized carbons (Fsp3) is 0.182. The maximum Gasteiger partial charge on any atom is 0.336 e. The van der Waals surface area contributed by atoms with E-state index < -0.39 is 0 Å². The second-order valence-corrected chi connectivity index (χ2v) is 6.52. The molecule has 0 saturated carbocycles. The monoisotopic (exact) mass is 360 g/mol. The lowest BCUT2D eigenvalue weighted by atomic mass is 9.82. The second-order valence-electron chi connectivity index (χ2n) is 6.52. The molecule has 2 aliphatic heterocycles. The standard InChI is InChI=1S/C22H21N3O2/c1-3-27-22(26)19-14(2)24-21-16(20(19)15-9-5-4-6-10-15)13-23-17-11-7-8-12-18(17)25-21/h4-13,20,24-25H,3H2,1-2H3/p+1/t20-/m1/s1. The minimum absolute atomic E-state index is 0.226. The number of esters is 1. The third-order valence-corrected chi connectivity index (χ3v) is 4.80. The van der Waals surface area contributed by atoms with E-state index in [2.05, 4.69) is 15.6 Å². The molecular weight excluding hydrogens is 338 g/mol. The van der Waals surface area contributed by atoms with Crippen LogP contribution in [0.3, 0.4) is 0 Å². The summed E-state index contributed by atoms with van der Waals surface area (Å²) in [6.45, 7) is 4.08. The molecule has 2 aliphatic rings. The van der Waals surface area contributed by atoms with E-state index >= 15 is 0 Å². The minimum atomic E-state index is -0.293. The molecule has 27 heavy (non-hydrogen) atoms. The van der Waals surface area contributed by atoms with Crippen LogP contribution in [-0.2, 0) is 9.53 Å². The van der Waals surface area contributed by atoms with Crippen molar-refractivity contribution in [2.45, 2.75) is 19.8 Å². The average Bonchev–Trinajstić information content (AvgIpc) is 2.86. The fourth-order valence-corrected chi connectivity index (χ4v) is 3.58. The molecule has 5 nitrogen and oxygen atoms in total. The molecule has 0 unspecified atom stereocenters. The highest BCUT2D eigenvalue weighted by Crippen LogP contribution is 2.38. The first-order valence-electron chi connectivity index (χ1n) is 9.09. The van der Waals surface area contributed by atoms with Crippen molar-refractivity contribution in [3.8, 4) is 0 Å². The molecule has 0 amide bonds. The number of carbonyl (C=O) groups is 1. The van der Waals surface area contributed by atoms with Crippen molar-refractivity contribution >= 4 is 23.6 Å². The molecule has 0 aromatic heterocycles. The van der Waals surface area contributed by atoms with Gasteiger partial charge in [-0.25, -0.2) is 9.79 Å². The first kappa shape index (κ1) is 17.1. The maximum absolute atomic E-state index is 12.8. The second kappa shape index (κ2) is 7.11. The van der Waals surface area contributed by atoms with Crippen LogP contribution in [0.1, 0.15) is 25.3 Å². The number of nitrogens with one attached hydrogen (secondary N) is 3. The SMILES string of the molecule is CCOC(=O)C1=C(C)NC2=C(C=[NH+]c3ccccc3N2)[C@H]1c1ccccc1. The number of dihydropyridines is 1. The quantitative estimate of drug-likeness (QED) is 0.735. The number of benzene rings is 2. The summed E-state index contributed by atoms with van der Waals surface area (Å²) in [6.07, 6.45) is 1.96. The number of hydrogen-bond acceptors (Lipinski definition) is 4. The number of allylic oxidation sites excluding steroid dienone is 2. The van der Waals surface area contributed by atoms with Crippen molar-refractivity contribution in [3.63, 3.8) is 0 Å². The zero-order valence-corrected chi connectivity index (χ0v) is 15.4. The van der Waals surface area contributed by atoms with Gasteiger partial charge in [-0.15, -0.1) is 0 Å². The molecule has 0 fully saturated rings. The molecular formula is C22H22N3O2+. The Labute approximate surface area is 158 Å². The smallest absolute Gasteiger partial charge is 0.336 e. The van der Waals surface area contributed by atoms with E-state index in [4.69, 9.17) is 4.74 Å². The Balaban J connectivity index is 1.86. The Hall–Kier alpha value is -3.34. The summed E-state index contributed by atoms with van der Waals surface area (Å²) >= 11 is 0. The van der Waals surface area contributed by atoms with Crippen molar-refractivity contribution in [1.29, 1.82) is 0 Å². The van der Waals surface area contributed by atoms with Crippen LogP contribution in [0.2, 0.25) is 0 Å². The van der Waals surface area contributed by atoms with Gasteiger partial charge in [0, 0.05) is 11.8 Å². The number of rotatable bonds is 3. The van der Waals surface area contributed by atoms with E-state index in [1.54, 1.807) is 0 Å². The average molecular weight is 360 g/mol. The Kier molecular flexibility index (Phi) is 4.50. The summed E-state index contributed by atoms with van der Waals surface area (Å²) in [5.41, 5.74) is 5.39. The van der Waals surface area contributed by atoms with Crippen LogP contribution in [0, 0.1) is 0 Å². The normalized spacial score (nSPS) is 18.1. The van der Waals surface area contributed by atoms with Gasteiger partial charge < -0.3 is 15.4 Å². The summed E-state index contributed by atoms with van der Waals surface area (Å²) in [7, 11) is 0.